The van der Waals surface area contributed by atoms with Gasteiger partial charge in [0.05, 0.1) is 13.2 Å². The third-order valence-corrected chi connectivity index (χ3v) is 2.35. The maximum atomic E-state index is 9.49. The lowest BCUT2D eigenvalue weighted by molar-refractivity contribution is -0.236. The molecule has 1 unspecified atom stereocenters. The van der Waals surface area contributed by atoms with Crippen LogP contribution in [0.3, 0.4) is 0 Å². The van der Waals surface area contributed by atoms with Crippen LogP contribution < -0.4 is 5.32 Å². The molecule has 0 aromatic carbocycles. The van der Waals surface area contributed by atoms with Gasteiger partial charge in [0.1, 0.15) is 30.6 Å². The maximum absolute atomic E-state index is 9.49. The van der Waals surface area contributed by atoms with Gasteiger partial charge >= 0.3 is 0 Å². The number of rotatable bonds is 4. The van der Waals surface area contributed by atoms with Crippen LogP contribution in [0.4, 0.5) is 0 Å². The summed E-state index contributed by atoms with van der Waals surface area (Å²) in [5.74, 6) is 0. The Morgan fingerprint density at radius 3 is 2.20 bits per heavy atom. The predicted octanol–water partition coefficient (Wildman–Crippen LogP) is -3.63. The van der Waals surface area contributed by atoms with Gasteiger partial charge in [-0.3, -0.25) is 5.32 Å². The number of hydrogen-bond acceptors (Lipinski definition) is 7. The van der Waals surface area contributed by atoms with Crippen molar-refractivity contribution >= 4 is 0 Å². The van der Waals surface area contributed by atoms with Crippen LogP contribution in [0.15, 0.2) is 0 Å². The second kappa shape index (κ2) is 5.71. The highest BCUT2D eigenvalue weighted by atomic mass is 16.6. The van der Waals surface area contributed by atoms with Gasteiger partial charge in [0.2, 0.25) is 0 Å². The lowest BCUT2D eigenvalue weighted by atomic mass is 9.98. The summed E-state index contributed by atoms with van der Waals surface area (Å²) in [4.78, 5) is 0. The van der Waals surface area contributed by atoms with E-state index in [1.807, 2.05) is 0 Å². The van der Waals surface area contributed by atoms with Gasteiger partial charge in [0, 0.05) is 6.54 Å². The van der Waals surface area contributed by atoms with Crippen LogP contribution in [0, 0.1) is 0 Å². The van der Waals surface area contributed by atoms with Crippen molar-refractivity contribution in [2.45, 2.75) is 30.6 Å². The van der Waals surface area contributed by atoms with E-state index in [1.165, 1.54) is 0 Å². The summed E-state index contributed by atoms with van der Waals surface area (Å²) in [6.45, 7) is -0.417. The molecule has 1 saturated heterocycles. The van der Waals surface area contributed by atoms with Crippen LogP contribution >= 0.6 is 0 Å². The van der Waals surface area contributed by atoms with E-state index in [1.54, 1.807) is 0 Å². The molecule has 6 N–H and O–H groups in total. The zero-order chi connectivity index (χ0) is 11.4. The number of aliphatic hydroxyl groups is 5. The number of nitrogens with one attached hydrogen (secondary N) is 1. The Kier molecular flexibility index (Phi) is 4.87. The van der Waals surface area contributed by atoms with E-state index in [9.17, 15) is 15.3 Å². The molecule has 5 atom stereocenters. The van der Waals surface area contributed by atoms with E-state index in [-0.39, 0.29) is 13.2 Å². The molecule has 15 heavy (non-hydrogen) atoms. The lowest BCUT2D eigenvalue weighted by Crippen LogP contribution is -2.62. The highest BCUT2D eigenvalue weighted by molar-refractivity contribution is 4.90. The van der Waals surface area contributed by atoms with Gasteiger partial charge in [-0.05, 0) is 0 Å². The van der Waals surface area contributed by atoms with Crippen molar-refractivity contribution in [3.05, 3.63) is 0 Å². The summed E-state index contributed by atoms with van der Waals surface area (Å²) >= 11 is 0. The topological polar surface area (TPSA) is 122 Å². The molecule has 0 bridgehead atoms. The summed E-state index contributed by atoms with van der Waals surface area (Å²) in [7, 11) is 0. The first-order valence-corrected chi connectivity index (χ1v) is 4.76. The molecule has 0 aromatic rings. The third kappa shape index (κ3) is 2.85. The van der Waals surface area contributed by atoms with Gasteiger partial charge in [-0.15, -0.1) is 0 Å². The standard InChI is InChI=1S/C8H17NO6/c10-2-1-9-8-7(14)6(13)5(12)4(3-11)15-8/h4-14H,1-3H2/t4-,5-,6+,7+,8?/m1/s1. The van der Waals surface area contributed by atoms with Gasteiger partial charge in [-0.1, -0.05) is 0 Å². The van der Waals surface area contributed by atoms with Gasteiger partial charge in [-0.25, -0.2) is 0 Å². The summed E-state index contributed by atoms with van der Waals surface area (Å²) in [5, 5.41) is 48.3. The second-order valence-electron chi connectivity index (χ2n) is 3.43. The minimum Gasteiger partial charge on any atom is -0.395 e. The second-order valence-corrected chi connectivity index (χ2v) is 3.43. The van der Waals surface area contributed by atoms with Crippen LogP contribution in [-0.4, -0.2) is 75.9 Å². The minimum absolute atomic E-state index is 0.144. The first-order chi connectivity index (χ1) is 7.11. The molecule has 7 nitrogen and oxygen atoms in total. The van der Waals surface area contributed by atoms with Gasteiger partial charge in [-0.2, -0.15) is 0 Å². The Morgan fingerprint density at radius 1 is 1.00 bits per heavy atom. The zero-order valence-electron chi connectivity index (χ0n) is 8.15. The predicted molar refractivity (Wildman–Crippen MR) is 48.9 cm³/mol. The van der Waals surface area contributed by atoms with Crippen molar-refractivity contribution in [2.75, 3.05) is 19.8 Å². The third-order valence-electron chi connectivity index (χ3n) is 2.35. The fraction of sp³-hybridized carbons (Fsp3) is 1.00. The van der Waals surface area contributed by atoms with Crippen molar-refractivity contribution < 1.29 is 30.3 Å². The molecule has 1 aliphatic heterocycles. The van der Waals surface area contributed by atoms with Crippen molar-refractivity contribution in [1.82, 2.24) is 5.32 Å². The van der Waals surface area contributed by atoms with E-state index in [0.29, 0.717) is 0 Å². The monoisotopic (exact) mass is 223 g/mol. The molecule has 0 amide bonds. The molecule has 0 saturated carbocycles. The Balaban J connectivity index is 2.57. The minimum atomic E-state index is -1.38. The van der Waals surface area contributed by atoms with Crippen molar-refractivity contribution in [2.24, 2.45) is 0 Å². The van der Waals surface area contributed by atoms with Crippen LogP contribution in [0.5, 0.6) is 0 Å². The zero-order valence-corrected chi connectivity index (χ0v) is 8.15. The Hall–Kier alpha value is -0.280. The van der Waals surface area contributed by atoms with Crippen LogP contribution in [0.1, 0.15) is 0 Å². The average molecular weight is 223 g/mol. The SMILES string of the molecule is OCCNC1O[C@H](CO)[C@@H](O)[C@H](O)[C@@H]1O. The quantitative estimate of drug-likeness (QED) is 0.291. The largest absolute Gasteiger partial charge is 0.395 e. The van der Waals surface area contributed by atoms with E-state index in [2.05, 4.69) is 5.32 Å². The smallest absolute Gasteiger partial charge is 0.137 e. The van der Waals surface area contributed by atoms with Crippen LogP contribution in [-0.2, 0) is 4.74 Å². The first-order valence-electron chi connectivity index (χ1n) is 4.76. The molecule has 90 valence electrons. The molecular weight excluding hydrogens is 206 g/mol. The fourth-order valence-corrected chi connectivity index (χ4v) is 1.48. The summed E-state index contributed by atoms with van der Waals surface area (Å²) in [6, 6.07) is 0. The summed E-state index contributed by atoms with van der Waals surface area (Å²) < 4.78 is 5.10. The molecule has 7 heteroatoms. The molecule has 1 fully saturated rings. The molecule has 0 aliphatic carbocycles. The van der Waals surface area contributed by atoms with Crippen LogP contribution in [0.25, 0.3) is 0 Å². The lowest BCUT2D eigenvalue weighted by Gasteiger charge is -2.40. The Morgan fingerprint density at radius 2 is 1.67 bits per heavy atom. The number of aliphatic hydroxyl groups excluding tert-OH is 5. The van der Waals surface area contributed by atoms with Crippen molar-refractivity contribution in [3.63, 3.8) is 0 Å². The highest BCUT2D eigenvalue weighted by Crippen LogP contribution is 2.19. The molecule has 0 radical (unpaired) electrons. The average Bonchev–Trinajstić information content (AvgIpc) is 2.25. The Labute approximate surface area is 86.9 Å². The van der Waals surface area contributed by atoms with E-state index in [4.69, 9.17) is 14.9 Å². The van der Waals surface area contributed by atoms with Crippen molar-refractivity contribution in [3.8, 4) is 0 Å². The van der Waals surface area contributed by atoms with Crippen LogP contribution in [0.2, 0.25) is 0 Å². The first kappa shape index (κ1) is 12.8. The highest BCUT2D eigenvalue weighted by Gasteiger charge is 2.42. The molecule has 0 spiro atoms. The normalized spacial score (nSPS) is 41.8. The van der Waals surface area contributed by atoms with E-state index < -0.39 is 37.3 Å². The maximum Gasteiger partial charge on any atom is 0.137 e. The molecule has 1 aliphatic rings. The number of hydrogen-bond donors (Lipinski definition) is 6. The van der Waals surface area contributed by atoms with Gasteiger partial charge in [0.25, 0.3) is 0 Å². The fourth-order valence-electron chi connectivity index (χ4n) is 1.48. The molecule has 1 rings (SSSR count). The van der Waals surface area contributed by atoms with E-state index in [0.717, 1.165) is 0 Å². The summed E-state index contributed by atoms with van der Waals surface area (Å²) in [6.07, 6.45) is -5.86. The van der Waals surface area contributed by atoms with Gasteiger partial charge < -0.3 is 30.3 Å². The van der Waals surface area contributed by atoms with E-state index >= 15 is 0 Å². The molecule has 0 aromatic heterocycles. The Bertz CT molecular complexity index is 190. The molecular formula is C8H17NO6. The molecule has 1 heterocycles. The number of ether oxygens (including phenoxy) is 1. The van der Waals surface area contributed by atoms with Crippen molar-refractivity contribution in [1.29, 1.82) is 0 Å². The van der Waals surface area contributed by atoms with Gasteiger partial charge in [0.15, 0.2) is 0 Å². The summed E-state index contributed by atoms with van der Waals surface area (Å²) in [5.41, 5.74) is 0.